The molecule has 2 fully saturated rings. The number of morpholine rings is 1. The van der Waals surface area contributed by atoms with Crippen LogP contribution in [0.5, 0.6) is 0 Å². The number of rotatable bonds is 3. The molecule has 0 aromatic heterocycles. The summed E-state index contributed by atoms with van der Waals surface area (Å²) in [7, 11) is 0. The van der Waals surface area contributed by atoms with Gasteiger partial charge in [0.05, 0.1) is 12.2 Å². The topological polar surface area (TPSA) is 44.8 Å². The van der Waals surface area contributed by atoms with Gasteiger partial charge in [-0.1, -0.05) is 12.1 Å². The first-order valence-electron chi connectivity index (χ1n) is 9.00. The molecule has 0 radical (unpaired) electrons. The van der Waals surface area contributed by atoms with Crippen molar-refractivity contribution in [3.8, 4) is 0 Å². The lowest BCUT2D eigenvalue weighted by Gasteiger charge is -2.35. The Bertz CT molecular complexity index is 560. The molecule has 1 amide bonds. The second-order valence-corrected chi connectivity index (χ2v) is 7.25. The third-order valence-corrected chi connectivity index (χ3v) is 4.76. The van der Waals surface area contributed by atoms with E-state index in [1.807, 2.05) is 17.0 Å². The van der Waals surface area contributed by atoms with Crippen LogP contribution in [0.3, 0.4) is 0 Å². The number of benzene rings is 1. The predicted molar refractivity (Wildman–Crippen MR) is 110 cm³/mol. The van der Waals surface area contributed by atoms with E-state index in [2.05, 4.69) is 43.1 Å². The van der Waals surface area contributed by atoms with Crippen molar-refractivity contribution in [2.75, 3.05) is 32.7 Å². The Morgan fingerprint density at radius 2 is 1.69 bits per heavy atom. The van der Waals surface area contributed by atoms with Crippen molar-refractivity contribution in [1.29, 1.82) is 0 Å². The Labute approximate surface area is 169 Å². The summed E-state index contributed by atoms with van der Waals surface area (Å²) in [5, 5.41) is 3.37. The molecule has 0 saturated carbocycles. The van der Waals surface area contributed by atoms with Crippen molar-refractivity contribution in [3.63, 3.8) is 0 Å². The Hall–Kier alpha value is -0.850. The Morgan fingerprint density at radius 1 is 1.08 bits per heavy atom. The summed E-state index contributed by atoms with van der Waals surface area (Å²) in [5.74, 6) is 0.142. The molecule has 0 spiro atoms. The number of halogens is 2. The standard InChI is InChI=1S/C19H29N3O2.2ClH/c1-14-10-22(9-8-20-14)19(23)18-6-4-17(5-7-18)13-21-11-15(2)24-16(3)12-21;;/h4-7,14-16,20H,8-13H2,1-3H3;2*1H. The smallest absolute Gasteiger partial charge is 0.253 e. The zero-order valence-electron chi connectivity index (χ0n) is 15.8. The van der Waals surface area contributed by atoms with Gasteiger partial charge in [-0.3, -0.25) is 9.69 Å². The zero-order chi connectivity index (χ0) is 17.1. The van der Waals surface area contributed by atoms with Crippen LogP contribution < -0.4 is 5.32 Å². The van der Waals surface area contributed by atoms with E-state index in [1.165, 1.54) is 5.56 Å². The van der Waals surface area contributed by atoms with Crippen molar-refractivity contribution in [3.05, 3.63) is 35.4 Å². The van der Waals surface area contributed by atoms with Crippen molar-refractivity contribution in [2.24, 2.45) is 0 Å². The van der Waals surface area contributed by atoms with Crippen molar-refractivity contribution in [1.82, 2.24) is 15.1 Å². The molecule has 3 rings (SSSR count). The van der Waals surface area contributed by atoms with Crippen LogP contribution in [0.2, 0.25) is 0 Å². The molecule has 1 N–H and O–H groups in total. The minimum absolute atomic E-state index is 0. The highest BCUT2D eigenvalue weighted by atomic mass is 35.5. The van der Waals surface area contributed by atoms with E-state index in [-0.39, 0.29) is 42.9 Å². The van der Waals surface area contributed by atoms with Crippen LogP contribution in [0.25, 0.3) is 0 Å². The zero-order valence-corrected chi connectivity index (χ0v) is 17.4. The lowest BCUT2D eigenvalue weighted by Crippen LogP contribution is -2.51. The Kier molecular flexibility index (Phi) is 9.34. The van der Waals surface area contributed by atoms with Gasteiger partial charge in [0, 0.05) is 50.9 Å². The molecular formula is C19H31Cl2N3O2. The minimum atomic E-state index is 0. The second kappa shape index (κ2) is 10.5. The van der Waals surface area contributed by atoms with Gasteiger partial charge < -0.3 is 15.0 Å². The molecule has 2 aliphatic rings. The summed E-state index contributed by atoms with van der Waals surface area (Å²) in [6.45, 7) is 11.6. The van der Waals surface area contributed by atoms with E-state index in [9.17, 15) is 4.79 Å². The summed E-state index contributed by atoms with van der Waals surface area (Å²) in [6, 6.07) is 8.48. The number of piperazine rings is 1. The maximum atomic E-state index is 12.6. The van der Waals surface area contributed by atoms with Crippen molar-refractivity contribution >= 4 is 30.7 Å². The number of carbonyl (C=O) groups excluding carboxylic acids is 1. The van der Waals surface area contributed by atoms with Crippen LogP contribution in [-0.2, 0) is 11.3 Å². The maximum absolute atomic E-state index is 12.6. The average molecular weight is 404 g/mol. The number of carbonyl (C=O) groups is 1. The van der Waals surface area contributed by atoms with Crippen molar-refractivity contribution in [2.45, 2.75) is 45.6 Å². The van der Waals surface area contributed by atoms with Gasteiger partial charge in [0.1, 0.15) is 0 Å². The molecule has 3 atom stereocenters. The number of hydrogen-bond acceptors (Lipinski definition) is 4. The van der Waals surface area contributed by atoms with E-state index in [1.54, 1.807) is 0 Å². The molecule has 5 nitrogen and oxygen atoms in total. The van der Waals surface area contributed by atoms with E-state index in [0.717, 1.165) is 44.8 Å². The fraction of sp³-hybridized carbons (Fsp3) is 0.632. The molecule has 1 aromatic carbocycles. The maximum Gasteiger partial charge on any atom is 0.253 e. The van der Waals surface area contributed by atoms with Gasteiger partial charge in [-0.2, -0.15) is 0 Å². The van der Waals surface area contributed by atoms with Crippen LogP contribution in [0.15, 0.2) is 24.3 Å². The molecule has 3 unspecified atom stereocenters. The molecule has 7 heteroatoms. The fourth-order valence-electron chi connectivity index (χ4n) is 3.72. The molecule has 2 aliphatic heterocycles. The van der Waals surface area contributed by atoms with Crippen LogP contribution in [0.1, 0.15) is 36.7 Å². The molecule has 26 heavy (non-hydrogen) atoms. The molecule has 0 aliphatic carbocycles. The SMILES string of the molecule is CC1CN(C(=O)c2ccc(CN3CC(C)OC(C)C3)cc2)CCN1.Cl.Cl. The predicted octanol–water partition coefficient (Wildman–Crippen LogP) is 2.57. The number of nitrogens with one attached hydrogen (secondary N) is 1. The summed E-state index contributed by atoms with van der Waals surface area (Å²) >= 11 is 0. The minimum Gasteiger partial charge on any atom is -0.373 e. The highest BCUT2D eigenvalue weighted by Crippen LogP contribution is 2.15. The van der Waals surface area contributed by atoms with Gasteiger partial charge in [0.2, 0.25) is 0 Å². The number of hydrogen-bond donors (Lipinski definition) is 1. The van der Waals surface area contributed by atoms with E-state index < -0.39 is 0 Å². The number of ether oxygens (including phenoxy) is 1. The number of amides is 1. The lowest BCUT2D eigenvalue weighted by molar-refractivity contribution is -0.0704. The summed E-state index contributed by atoms with van der Waals surface area (Å²) < 4.78 is 5.78. The molecule has 2 heterocycles. The van der Waals surface area contributed by atoms with Gasteiger partial charge in [-0.25, -0.2) is 0 Å². The fourth-order valence-corrected chi connectivity index (χ4v) is 3.72. The van der Waals surface area contributed by atoms with Crippen LogP contribution in [0.4, 0.5) is 0 Å². The third-order valence-electron chi connectivity index (χ3n) is 4.76. The normalized spacial score (nSPS) is 26.6. The first-order chi connectivity index (χ1) is 11.5. The molecule has 148 valence electrons. The second-order valence-electron chi connectivity index (χ2n) is 7.25. The van der Waals surface area contributed by atoms with Gasteiger partial charge in [-0.15, -0.1) is 24.8 Å². The van der Waals surface area contributed by atoms with Gasteiger partial charge in [-0.05, 0) is 38.5 Å². The highest BCUT2D eigenvalue weighted by molar-refractivity contribution is 5.94. The first-order valence-corrected chi connectivity index (χ1v) is 9.00. The molecule has 0 bridgehead atoms. The molecule has 1 aromatic rings. The molecule has 2 saturated heterocycles. The quantitative estimate of drug-likeness (QED) is 0.841. The first kappa shape index (κ1) is 23.2. The van der Waals surface area contributed by atoms with E-state index in [0.29, 0.717) is 6.04 Å². The summed E-state index contributed by atoms with van der Waals surface area (Å²) in [5.41, 5.74) is 2.04. The van der Waals surface area contributed by atoms with Gasteiger partial charge >= 0.3 is 0 Å². The Morgan fingerprint density at radius 3 is 2.27 bits per heavy atom. The highest BCUT2D eigenvalue weighted by Gasteiger charge is 2.23. The lowest BCUT2D eigenvalue weighted by atomic mass is 10.1. The largest absolute Gasteiger partial charge is 0.373 e. The Balaban J connectivity index is 0.00000169. The van der Waals surface area contributed by atoms with E-state index in [4.69, 9.17) is 4.74 Å². The molecular weight excluding hydrogens is 373 g/mol. The van der Waals surface area contributed by atoms with Crippen LogP contribution in [-0.4, -0.2) is 66.7 Å². The summed E-state index contributed by atoms with van der Waals surface area (Å²) in [4.78, 5) is 17.0. The third kappa shape index (κ3) is 6.10. The van der Waals surface area contributed by atoms with Gasteiger partial charge in [0.15, 0.2) is 0 Å². The monoisotopic (exact) mass is 403 g/mol. The summed E-state index contributed by atoms with van der Waals surface area (Å²) in [6.07, 6.45) is 0.564. The van der Waals surface area contributed by atoms with Crippen LogP contribution in [0, 0.1) is 0 Å². The van der Waals surface area contributed by atoms with Gasteiger partial charge in [0.25, 0.3) is 5.91 Å². The van der Waals surface area contributed by atoms with E-state index >= 15 is 0 Å². The van der Waals surface area contributed by atoms with Crippen LogP contribution >= 0.6 is 24.8 Å². The van der Waals surface area contributed by atoms with Crippen molar-refractivity contribution < 1.29 is 9.53 Å². The average Bonchev–Trinajstić information content (AvgIpc) is 2.54. The number of nitrogens with zero attached hydrogens (tertiary/aromatic N) is 2.